The zero-order valence-electron chi connectivity index (χ0n) is 22.1. The second-order valence-corrected chi connectivity index (χ2v) is 14.0. The first kappa shape index (κ1) is 26.9. The van der Waals surface area contributed by atoms with Crippen LogP contribution in [0.3, 0.4) is 0 Å². The average Bonchev–Trinajstić information content (AvgIpc) is 3.47. The third-order valence-electron chi connectivity index (χ3n) is 7.43. The third-order valence-corrected chi connectivity index (χ3v) is 11.7. The molecule has 0 radical (unpaired) electrons. The first-order valence-electron chi connectivity index (χ1n) is 13.4. The highest BCUT2D eigenvalue weighted by molar-refractivity contribution is 8.20. The van der Waals surface area contributed by atoms with E-state index in [-0.39, 0.29) is 5.91 Å². The van der Waals surface area contributed by atoms with E-state index in [0.717, 1.165) is 32.5 Å². The molecule has 2 unspecified atom stereocenters. The minimum atomic E-state index is -2.71. The van der Waals surface area contributed by atoms with Gasteiger partial charge in [-0.05, 0) is 46.0 Å². The fourth-order valence-corrected chi connectivity index (χ4v) is 8.93. The molecule has 1 aliphatic rings. The number of nitrogens with zero attached hydrogens (tertiary/aromatic N) is 5. The topological polar surface area (TPSA) is 94.0 Å². The van der Waals surface area contributed by atoms with E-state index < -0.39 is 18.3 Å². The van der Waals surface area contributed by atoms with E-state index in [1.54, 1.807) is 11.1 Å². The van der Waals surface area contributed by atoms with Crippen LogP contribution in [0, 0.1) is 0 Å². The molecule has 0 saturated heterocycles. The Hall–Kier alpha value is -4.32. The molecule has 1 aromatic heterocycles. The number of aromatic nitrogens is 1. The van der Waals surface area contributed by atoms with Gasteiger partial charge in [-0.25, -0.2) is 4.98 Å². The summed E-state index contributed by atoms with van der Waals surface area (Å²) in [6.45, 7) is 0.471. The number of fused-ring (bicyclic) bond motifs is 2. The van der Waals surface area contributed by atoms with Gasteiger partial charge in [0.1, 0.15) is 11.9 Å². The Labute approximate surface area is 243 Å². The molecule has 9 heteroatoms. The summed E-state index contributed by atoms with van der Waals surface area (Å²) in [4.78, 5) is 23.6. The summed E-state index contributed by atoms with van der Waals surface area (Å²) < 4.78 is 0. The van der Waals surface area contributed by atoms with Gasteiger partial charge in [0.05, 0.1) is 12.2 Å². The van der Waals surface area contributed by atoms with Crippen LogP contribution < -0.4 is 20.6 Å². The van der Waals surface area contributed by atoms with Crippen molar-refractivity contribution in [2.24, 2.45) is 5.11 Å². The lowest BCUT2D eigenvalue weighted by atomic mass is 9.97. The highest BCUT2D eigenvalue weighted by Crippen LogP contribution is 2.44. The van der Waals surface area contributed by atoms with Crippen molar-refractivity contribution < 1.29 is 4.79 Å². The summed E-state index contributed by atoms with van der Waals surface area (Å²) in [5.41, 5.74) is 11.6. The van der Waals surface area contributed by atoms with Crippen molar-refractivity contribution in [3.8, 4) is 0 Å². The number of benzene rings is 4. The Morgan fingerprint density at radius 3 is 2.24 bits per heavy atom. The van der Waals surface area contributed by atoms with E-state index in [1.165, 1.54) is 0 Å². The van der Waals surface area contributed by atoms with Gasteiger partial charge in [-0.15, -0.1) is 0 Å². The molecular formula is C32H27N6OPS. The van der Waals surface area contributed by atoms with Gasteiger partial charge in [0, 0.05) is 28.3 Å². The van der Waals surface area contributed by atoms with Crippen molar-refractivity contribution in [3.63, 3.8) is 0 Å². The molecule has 6 rings (SSSR count). The van der Waals surface area contributed by atoms with Gasteiger partial charge in [0.25, 0.3) is 0 Å². The van der Waals surface area contributed by atoms with E-state index in [4.69, 9.17) is 11.8 Å². The van der Waals surface area contributed by atoms with Crippen LogP contribution in [-0.4, -0.2) is 23.5 Å². The number of rotatable bonds is 8. The third kappa shape index (κ3) is 5.26. The zero-order valence-corrected chi connectivity index (χ0v) is 23.8. The van der Waals surface area contributed by atoms with Gasteiger partial charge in [-0.1, -0.05) is 120 Å². The number of carbonyl (C=O) groups excluding carboxylic acids is 1. The molecular weight excluding hydrogens is 547 g/mol. The maximum atomic E-state index is 14.3. The van der Waals surface area contributed by atoms with E-state index in [1.807, 2.05) is 115 Å². The summed E-state index contributed by atoms with van der Waals surface area (Å²) in [6, 6.07) is 36.0. The molecule has 0 fully saturated rings. The highest BCUT2D eigenvalue weighted by Gasteiger charge is 2.39. The zero-order chi connectivity index (χ0) is 28.2. The van der Waals surface area contributed by atoms with Crippen LogP contribution in [-0.2, 0) is 23.0 Å². The van der Waals surface area contributed by atoms with Crippen molar-refractivity contribution in [1.29, 1.82) is 0 Å². The lowest BCUT2D eigenvalue weighted by molar-refractivity contribution is -0.120. The number of hydrogen-bond donors (Lipinski definition) is 1. The Morgan fingerprint density at radius 1 is 0.902 bits per heavy atom. The molecule has 5 aromatic rings. The molecule has 1 aliphatic heterocycles. The van der Waals surface area contributed by atoms with E-state index in [9.17, 15) is 10.3 Å². The van der Waals surface area contributed by atoms with E-state index in [2.05, 4.69) is 20.1 Å². The van der Waals surface area contributed by atoms with Crippen LogP contribution in [0.1, 0.15) is 17.2 Å². The number of azide groups is 1. The minimum absolute atomic E-state index is 0.311. The van der Waals surface area contributed by atoms with Gasteiger partial charge in [-0.2, -0.15) is 0 Å². The second-order valence-electron chi connectivity index (χ2n) is 9.87. The standard InChI is InChI=1S/C32H27N6OPS/c33-37-35-30(32(39)38-21-19-24-12-9-20-34-31(24)38)29(26-18-17-23-10-7-8-11-25(23)22-26)36-40(41,27-13-3-1-4-14-27)28-15-5-2-6-16-28/h1-18,20,22,29-30H,19,21H2,(H,36,41). The summed E-state index contributed by atoms with van der Waals surface area (Å²) >= 11 is 6.52. The Morgan fingerprint density at radius 2 is 1.56 bits per heavy atom. The van der Waals surface area contributed by atoms with Crippen molar-refractivity contribution in [2.75, 3.05) is 11.4 Å². The largest absolute Gasteiger partial charge is 0.296 e. The van der Waals surface area contributed by atoms with Crippen LogP contribution in [0.5, 0.6) is 0 Å². The normalized spacial score (nSPS) is 14.2. The lowest BCUT2D eigenvalue weighted by Crippen LogP contribution is -2.45. The lowest BCUT2D eigenvalue weighted by Gasteiger charge is -2.34. The van der Waals surface area contributed by atoms with Gasteiger partial charge in [-0.3, -0.25) is 14.8 Å². The van der Waals surface area contributed by atoms with Crippen LogP contribution >= 0.6 is 6.19 Å². The van der Waals surface area contributed by atoms with Crippen LogP contribution in [0.2, 0.25) is 0 Å². The van der Waals surface area contributed by atoms with Crippen molar-refractivity contribution in [2.45, 2.75) is 18.5 Å². The molecule has 0 spiro atoms. The molecule has 1 N–H and O–H groups in total. The molecule has 0 bridgehead atoms. The maximum absolute atomic E-state index is 14.3. The number of carbonyl (C=O) groups is 1. The Kier molecular flexibility index (Phi) is 7.64. The highest BCUT2D eigenvalue weighted by atomic mass is 32.4. The second kappa shape index (κ2) is 11.7. The van der Waals surface area contributed by atoms with Crippen LogP contribution in [0.4, 0.5) is 5.82 Å². The monoisotopic (exact) mass is 574 g/mol. The first-order chi connectivity index (χ1) is 20.1. The quantitative estimate of drug-likeness (QED) is 0.104. The number of nitrogens with one attached hydrogen (secondary N) is 1. The Bertz CT molecular complexity index is 1770. The fourth-order valence-electron chi connectivity index (χ4n) is 5.39. The molecule has 0 saturated carbocycles. The summed E-state index contributed by atoms with van der Waals surface area (Å²) in [7, 11) is 0. The van der Waals surface area contributed by atoms with E-state index in [0.29, 0.717) is 18.8 Å². The van der Waals surface area contributed by atoms with Gasteiger partial charge >= 0.3 is 0 Å². The molecule has 2 atom stereocenters. The summed E-state index contributed by atoms with van der Waals surface area (Å²) in [6.07, 6.45) is -0.338. The SMILES string of the molecule is [N-]=[N+]=NC(C(=O)N1CCc2cccnc21)C(NP(=S)(c1ccccc1)c1ccccc1)c1ccc2ccccc2c1. The molecule has 1 amide bonds. The van der Waals surface area contributed by atoms with Crippen LogP contribution in [0.15, 0.2) is 127 Å². The van der Waals surface area contributed by atoms with Gasteiger partial charge < -0.3 is 0 Å². The minimum Gasteiger partial charge on any atom is -0.296 e. The molecule has 202 valence electrons. The maximum Gasteiger partial charge on any atom is 0.239 e. The number of hydrogen-bond acceptors (Lipinski definition) is 4. The summed E-state index contributed by atoms with van der Waals surface area (Å²) in [5, 5.41) is 11.9. The number of anilines is 1. The average molecular weight is 575 g/mol. The first-order valence-corrected chi connectivity index (χ1v) is 16.2. The van der Waals surface area contributed by atoms with Crippen molar-refractivity contribution in [3.05, 3.63) is 143 Å². The molecule has 0 aliphatic carbocycles. The van der Waals surface area contributed by atoms with Crippen LogP contribution in [0.25, 0.3) is 21.2 Å². The predicted octanol–water partition coefficient (Wildman–Crippen LogP) is 6.18. The smallest absolute Gasteiger partial charge is 0.239 e. The number of pyridine rings is 1. The Balaban J connectivity index is 1.51. The van der Waals surface area contributed by atoms with Crippen molar-refractivity contribution >= 4 is 51.1 Å². The summed E-state index contributed by atoms with van der Waals surface area (Å²) in [5.74, 6) is 0.298. The van der Waals surface area contributed by atoms with Gasteiger partial charge in [0.2, 0.25) is 5.91 Å². The molecule has 7 nitrogen and oxygen atoms in total. The predicted molar refractivity (Wildman–Crippen MR) is 169 cm³/mol. The van der Waals surface area contributed by atoms with Crippen molar-refractivity contribution in [1.82, 2.24) is 10.1 Å². The fraction of sp³-hybridized carbons (Fsp3) is 0.125. The number of amides is 1. The molecule has 2 heterocycles. The van der Waals surface area contributed by atoms with E-state index >= 15 is 0 Å². The van der Waals surface area contributed by atoms with Gasteiger partial charge in [0.15, 0.2) is 0 Å². The molecule has 41 heavy (non-hydrogen) atoms. The molecule has 4 aromatic carbocycles.